The zero-order chi connectivity index (χ0) is 16.0. The molecule has 0 radical (unpaired) electrons. The van der Waals surface area contributed by atoms with E-state index in [2.05, 4.69) is 0 Å². The van der Waals surface area contributed by atoms with Crippen LogP contribution < -0.4 is 4.74 Å². The van der Waals surface area contributed by atoms with Crippen molar-refractivity contribution in [1.29, 1.82) is 0 Å². The predicted molar refractivity (Wildman–Crippen MR) is 84.6 cm³/mol. The van der Waals surface area contributed by atoms with Gasteiger partial charge in [-0.15, -0.1) is 0 Å². The highest BCUT2D eigenvalue weighted by molar-refractivity contribution is 7.91. The van der Waals surface area contributed by atoms with E-state index in [4.69, 9.17) is 4.74 Å². The number of benzene rings is 2. The van der Waals surface area contributed by atoms with Gasteiger partial charge in [0.1, 0.15) is 5.75 Å². The number of aryl methyl sites for hydroxylation is 1. The minimum Gasteiger partial charge on any atom is -0.427 e. The van der Waals surface area contributed by atoms with Crippen LogP contribution in [-0.2, 0) is 21.1 Å². The summed E-state index contributed by atoms with van der Waals surface area (Å²) in [6.07, 6.45) is 0.757. The Bertz CT molecular complexity index is 719. The van der Waals surface area contributed by atoms with E-state index in [0.29, 0.717) is 17.1 Å². The average Bonchev–Trinajstić information content (AvgIpc) is 2.54. The smallest absolute Gasteiger partial charge is 0.311 e. The Balaban J connectivity index is 1.91. The first-order chi connectivity index (χ1) is 10.5. The van der Waals surface area contributed by atoms with Crippen molar-refractivity contribution < 1.29 is 17.9 Å². The highest BCUT2D eigenvalue weighted by Gasteiger charge is 2.11. The van der Waals surface area contributed by atoms with E-state index in [0.717, 1.165) is 5.56 Å². The molecule has 0 fully saturated rings. The Morgan fingerprint density at radius 1 is 1.00 bits per heavy atom. The molecule has 0 heterocycles. The van der Waals surface area contributed by atoms with Gasteiger partial charge in [0, 0.05) is 6.42 Å². The van der Waals surface area contributed by atoms with Crippen LogP contribution in [0, 0.1) is 0 Å². The van der Waals surface area contributed by atoms with Gasteiger partial charge in [-0.2, -0.15) is 0 Å². The molecule has 2 rings (SSSR count). The van der Waals surface area contributed by atoms with Gasteiger partial charge in [-0.1, -0.05) is 37.3 Å². The van der Waals surface area contributed by atoms with Crippen LogP contribution in [0.5, 0.6) is 5.75 Å². The van der Waals surface area contributed by atoms with Gasteiger partial charge in [-0.3, -0.25) is 4.79 Å². The first kappa shape index (κ1) is 16.2. The van der Waals surface area contributed by atoms with Gasteiger partial charge in [0.15, 0.2) is 9.84 Å². The number of rotatable bonds is 6. The maximum atomic E-state index is 11.7. The van der Waals surface area contributed by atoms with Crippen LogP contribution in [0.25, 0.3) is 0 Å². The van der Waals surface area contributed by atoms with Crippen LogP contribution in [-0.4, -0.2) is 20.1 Å². The van der Waals surface area contributed by atoms with E-state index in [1.165, 1.54) is 0 Å². The SMILES string of the molecule is CCS(=O)(=O)c1ccc(CCC(=O)Oc2ccccc2)cc1. The fourth-order valence-electron chi connectivity index (χ4n) is 1.95. The molecular weight excluding hydrogens is 300 g/mol. The Labute approximate surface area is 130 Å². The quantitative estimate of drug-likeness (QED) is 0.607. The molecule has 0 atom stereocenters. The Morgan fingerprint density at radius 2 is 1.64 bits per heavy atom. The zero-order valence-electron chi connectivity index (χ0n) is 12.4. The number of para-hydroxylation sites is 1. The minimum atomic E-state index is -3.18. The second kappa shape index (κ2) is 7.22. The monoisotopic (exact) mass is 318 g/mol. The van der Waals surface area contributed by atoms with Crippen LogP contribution >= 0.6 is 0 Å². The second-order valence-corrected chi connectivity index (χ2v) is 7.11. The van der Waals surface area contributed by atoms with Crippen molar-refractivity contribution in [2.45, 2.75) is 24.7 Å². The minimum absolute atomic E-state index is 0.0791. The lowest BCUT2D eigenvalue weighted by atomic mass is 10.1. The van der Waals surface area contributed by atoms with E-state index in [9.17, 15) is 13.2 Å². The predicted octanol–water partition coefficient (Wildman–Crippen LogP) is 3.02. The lowest BCUT2D eigenvalue weighted by Gasteiger charge is -2.05. The van der Waals surface area contributed by atoms with Crippen LogP contribution in [0.3, 0.4) is 0 Å². The Hall–Kier alpha value is -2.14. The number of hydrogen-bond donors (Lipinski definition) is 0. The van der Waals surface area contributed by atoms with Crippen LogP contribution in [0.4, 0.5) is 0 Å². The molecule has 5 heteroatoms. The van der Waals surface area contributed by atoms with Crippen LogP contribution in [0.1, 0.15) is 18.9 Å². The molecule has 2 aromatic carbocycles. The number of esters is 1. The van der Waals surface area contributed by atoms with Crippen LogP contribution in [0.15, 0.2) is 59.5 Å². The molecule has 0 aliphatic rings. The standard InChI is InChI=1S/C17H18O4S/c1-2-22(19,20)16-11-8-14(9-12-16)10-13-17(18)21-15-6-4-3-5-7-15/h3-9,11-12H,2,10,13H2,1H3. The van der Waals surface area contributed by atoms with Crippen molar-refractivity contribution >= 4 is 15.8 Å². The molecular formula is C17H18O4S. The summed E-state index contributed by atoms with van der Waals surface area (Å²) in [7, 11) is -3.18. The molecule has 0 saturated carbocycles. The maximum absolute atomic E-state index is 11.7. The third kappa shape index (κ3) is 4.43. The summed E-state index contributed by atoms with van der Waals surface area (Å²) in [4.78, 5) is 12.1. The number of ether oxygens (including phenoxy) is 1. The average molecular weight is 318 g/mol. The summed E-state index contributed by atoms with van der Waals surface area (Å²) in [5.41, 5.74) is 0.903. The summed E-state index contributed by atoms with van der Waals surface area (Å²) in [6.45, 7) is 1.61. The molecule has 4 nitrogen and oxygen atoms in total. The van der Waals surface area contributed by atoms with E-state index < -0.39 is 9.84 Å². The zero-order valence-corrected chi connectivity index (χ0v) is 13.2. The van der Waals surface area contributed by atoms with Crippen molar-refractivity contribution in [1.82, 2.24) is 0 Å². The Kier molecular flexibility index (Phi) is 5.33. The first-order valence-corrected chi connectivity index (χ1v) is 8.74. The lowest BCUT2D eigenvalue weighted by Crippen LogP contribution is -2.09. The fourth-order valence-corrected chi connectivity index (χ4v) is 2.83. The summed E-state index contributed by atoms with van der Waals surface area (Å²) >= 11 is 0. The number of sulfone groups is 1. The largest absolute Gasteiger partial charge is 0.427 e. The fraction of sp³-hybridized carbons (Fsp3) is 0.235. The van der Waals surface area contributed by atoms with Gasteiger partial charge in [-0.05, 0) is 36.2 Å². The lowest BCUT2D eigenvalue weighted by molar-refractivity contribution is -0.134. The summed E-state index contributed by atoms with van der Waals surface area (Å²) in [5.74, 6) is 0.295. The summed E-state index contributed by atoms with van der Waals surface area (Å²) in [6, 6.07) is 15.5. The van der Waals surface area contributed by atoms with E-state index in [-0.39, 0.29) is 18.1 Å². The molecule has 0 aromatic heterocycles. The highest BCUT2D eigenvalue weighted by atomic mass is 32.2. The van der Waals surface area contributed by atoms with Gasteiger partial charge in [0.25, 0.3) is 0 Å². The highest BCUT2D eigenvalue weighted by Crippen LogP contribution is 2.14. The van der Waals surface area contributed by atoms with Crippen molar-refractivity contribution in [3.63, 3.8) is 0 Å². The molecule has 0 bridgehead atoms. The van der Waals surface area contributed by atoms with Gasteiger partial charge in [0.2, 0.25) is 0 Å². The topological polar surface area (TPSA) is 60.4 Å². The van der Waals surface area contributed by atoms with Crippen molar-refractivity contribution in [2.24, 2.45) is 0 Å². The van der Waals surface area contributed by atoms with Crippen molar-refractivity contribution in [3.05, 3.63) is 60.2 Å². The molecule has 22 heavy (non-hydrogen) atoms. The molecule has 0 saturated heterocycles. The number of carbonyl (C=O) groups excluding carboxylic acids is 1. The van der Waals surface area contributed by atoms with Gasteiger partial charge in [-0.25, -0.2) is 8.42 Å². The van der Waals surface area contributed by atoms with E-state index >= 15 is 0 Å². The third-order valence-electron chi connectivity index (χ3n) is 3.26. The second-order valence-electron chi connectivity index (χ2n) is 4.83. The first-order valence-electron chi connectivity index (χ1n) is 7.08. The molecule has 0 N–H and O–H groups in total. The third-order valence-corrected chi connectivity index (χ3v) is 5.01. The molecule has 0 spiro atoms. The number of hydrogen-bond acceptors (Lipinski definition) is 4. The van der Waals surface area contributed by atoms with Crippen molar-refractivity contribution in [3.8, 4) is 5.75 Å². The molecule has 116 valence electrons. The van der Waals surface area contributed by atoms with Gasteiger partial charge >= 0.3 is 5.97 Å². The maximum Gasteiger partial charge on any atom is 0.311 e. The summed E-state index contributed by atoms with van der Waals surface area (Å²) < 4.78 is 28.6. The van der Waals surface area contributed by atoms with Crippen molar-refractivity contribution in [2.75, 3.05) is 5.75 Å². The van der Waals surface area contributed by atoms with Crippen LogP contribution in [0.2, 0.25) is 0 Å². The Morgan fingerprint density at radius 3 is 2.23 bits per heavy atom. The van der Waals surface area contributed by atoms with E-state index in [1.54, 1.807) is 55.5 Å². The summed E-state index contributed by atoms with van der Waals surface area (Å²) in [5, 5.41) is 0. The van der Waals surface area contributed by atoms with E-state index in [1.807, 2.05) is 6.07 Å². The number of carbonyl (C=O) groups is 1. The molecule has 2 aromatic rings. The van der Waals surface area contributed by atoms with Gasteiger partial charge < -0.3 is 4.74 Å². The molecule has 0 amide bonds. The molecule has 0 aliphatic heterocycles. The molecule has 0 unspecified atom stereocenters. The normalized spacial score (nSPS) is 11.1. The molecule has 0 aliphatic carbocycles. The van der Waals surface area contributed by atoms with Gasteiger partial charge in [0.05, 0.1) is 10.6 Å².